The number of anilines is 2. The molecule has 0 saturated carbocycles. The Bertz CT molecular complexity index is 826. The molecular formula is C17H13Cl2FN2O2. The van der Waals surface area contributed by atoms with Crippen molar-refractivity contribution in [2.45, 2.75) is 12.8 Å². The normalized spacial score (nSPS) is 14.1. The van der Waals surface area contributed by atoms with Gasteiger partial charge in [0.25, 0.3) is 5.91 Å². The van der Waals surface area contributed by atoms with Crippen LogP contribution in [0.3, 0.4) is 0 Å². The number of benzene rings is 2. The number of nitrogens with zero attached hydrogens (tertiary/aromatic N) is 1. The van der Waals surface area contributed by atoms with Gasteiger partial charge in [0.1, 0.15) is 5.82 Å². The highest BCUT2D eigenvalue weighted by Gasteiger charge is 2.26. The predicted octanol–water partition coefficient (Wildman–Crippen LogP) is 4.51. The van der Waals surface area contributed by atoms with Crippen LogP contribution in [0.4, 0.5) is 15.8 Å². The van der Waals surface area contributed by atoms with Gasteiger partial charge in [-0.3, -0.25) is 9.59 Å². The molecule has 4 nitrogen and oxygen atoms in total. The van der Waals surface area contributed by atoms with Gasteiger partial charge in [-0.2, -0.15) is 0 Å². The summed E-state index contributed by atoms with van der Waals surface area (Å²) in [6.45, 7) is 0.543. The molecule has 2 amide bonds. The average molecular weight is 367 g/mol. The Morgan fingerprint density at radius 2 is 1.96 bits per heavy atom. The Hall–Kier alpha value is -2.11. The van der Waals surface area contributed by atoms with Crippen LogP contribution in [0.1, 0.15) is 23.2 Å². The van der Waals surface area contributed by atoms with Crippen LogP contribution in [-0.4, -0.2) is 18.4 Å². The maximum Gasteiger partial charge on any atom is 0.257 e. The van der Waals surface area contributed by atoms with Gasteiger partial charge in [0.15, 0.2) is 0 Å². The van der Waals surface area contributed by atoms with Crippen LogP contribution in [-0.2, 0) is 4.79 Å². The van der Waals surface area contributed by atoms with Gasteiger partial charge in [-0.1, -0.05) is 23.2 Å². The van der Waals surface area contributed by atoms with E-state index < -0.39 is 11.7 Å². The molecule has 0 aromatic heterocycles. The monoisotopic (exact) mass is 366 g/mol. The van der Waals surface area contributed by atoms with Crippen LogP contribution < -0.4 is 10.2 Å². The summed E-state index contributed by atoms with van der Waals surface area (Å²) in [4.78, 5) is 26.1. The van der Waals surface area contributed by atoms with Crippen molar-refractivity contribution in [3.8, 4) is 0 Å². The second-order valence-electron chi connectivity index (χ2n) is 5.39. The van der Waals surface area contributed by atoms with E-state index in [0.717, 1.165) is 6.42 Å². The molecule has 0 aliphatic carbocycles. The summed E-state index contributed by atoms with van der Waals surface area (Å²) in [5.74, 6) is -1.04. The quantitative estimate of drug-likeness (QED) is 0.868. The van der Waals surface area contributed by atoms with E-state index in [2.05, 4.69) is 5.32 Å². The third-order valence-electron chi connectivity index (χ3n) is 3.75. The van der Waals surface area contributed by atoms with Gasteiger partial charge in [-0.25, -0.2) is 4.39 Å². The summed E-state index contributed by atoms with van der Waals surface area (Å²) in [7, 11) is 0. The maximum atomic E-state index is 13.2. The summed E-state index contributed by atoms with van der Waals surface area (Å²) in [5.41, 5.74) is 1.14. The zero-order valence-corrected chi connectivity index (χ0v) is 14.0. The number of rotatable bonds is 3. The SMILES string of the molecule is O=C(Nc1ccc(F)c(Cl)c1)c1ccc(Cl)cc1N1CCCC1=O. The van der Waals surface area contributed by atoms with Gasteiger partial charge in [0.2, 0.25) is 5.91 Å². The second kappa shape index (κ2) is 6.79. The minimum atomic E-state index is -0.565. The molecule has 1 fully saturated rings. The number of carbonyl (C=O) groups excluding carboxylic acids is 2. The first-order valence-corrected chi connectivity index (χ1v) is 8.07. The number of amides is 2. The molecule has 1 aliphatic heterocycles. The van der Waals surface area contributed by atoms with E-state index in [9.17, 15) is 14.0 Å². The fourth-order valence-corrected chi connectivity index (χ4v) is 2.94. The average Bonchev–Trinajstić information content (AvgIpc) is 2.96. The molecule has 24 heavy (non-hydrogen) atoms. The van der Waals surface area contributed by atoms with Gasteiger partial charge in [-0.05, 0) is 42.8 Å². The first kappa shape index (κ1) is 16.7. The number of nitrogens with one attached hydrogen (secondary N) is 1. The van der Waals surface area contributed by atoms with Crippen LogP contribution in [0.5, 0.6) is 0 Å². The van der Waals surface area contributed by atoms with Crippen molar-refractivity contribution in [3.05, 3.63) is 57.8 Å². The molecule has 0 bridgehead atoms. The number of halogens is 3. The minimum absolute atomic E-state index is 0.0452. The van der Waals surface area contributed by atoms with Crippen LogP contribution >= 0.6 is 23.2 Å². The van der Waals surface area contributed by atoms with E-state index in [-0.39, 0.29) is 10.9 Å². The van der Waals surface area contributed by atoms with Crippen molar-refractivity contribution in [2.24, 2.45) is 0 Å². The zero-order chi connectivity index (χ0) is 17.3. The molecule has 0 unspecified atom stereocenters. The lowest BCUT2D eigenvalue weighted by atomic mass is 10.1. The lowest BCUT2D eigenvalue weighted by Crippen LogP contribution is -2.27. The summed E-state index contributed by atoms with van der Waals surface area (Å²) in [5, 5.41) is 3.01. The van der Waals surface area contributed by atoms with Gasteiger partial charge in [-0.15, -0.1) is 0 Å². The van der Waals surface area contributed by atoms with Gasteiger partial charge in [0.05, 0.1) is 16.3 Å². The van der Waals surface area contributed by atoms with Crippen LogP contribution in [0.2, 0.25) is 10.0 Å². The lowest BCUT2D eigenvalue weighted by molar-refractivity contribution is -0.117. The Morgan fingerprint density at radius 3 is 2.62 bits per heavy atom. The van der Waals surface area contributed by atoms with Gasteiger partial charge < -0.3 is 10.2 Å². The maximum absolute atomic E-state index is 13.2. The molecule has 7 heteroatoms. The highest BCUT2D eigenvalue weighted by molar-refractivity contribution is 6.31. The van der Waals surface area contributed by atoms with E-state index in [0.29, 0.717) is 34.9 Å². The van der Waals surface area contributed by atoms with Crippen molar-refractivity contribution in [1.29, 1.82) is 0 Å². The third kappa shape index (κ3) is 3.37. The molecule has 1 heterocycles. The van der Waals surface area contributed by atoms with E-state index in [1.165, 1.54) is 18.2 Å². The first-order chi connectivity index (χ1) is 11.5. The number of hydrogen-bond acceptors (Lipinski definition) is 2. The molecule has 3 rings (SSSR count). The fourth-order valence-electron chi connectivity index (χ4n) is 2.60. The van der Waals surface area contributed by atoms with Crippen LogP contribution in [0.25, 0.3) is 0 Å². The van der Waals surface area contributed by atoms with E-state index >= 15 is 0 Å². The molecule has 124 valence electrons. The predicted molar refractivity (Wildman–Crippen MR) is 92.4 cm³/mol. The van der Waals surface area contributed by atoms with Crippen molar-refractivity contribution in [3.63, 3.8) is 0 Å². The Kier molecular flexibility index (Phi) is 4.73. The summed E-state index contributed by atoms with van der Waals surface area (Å²) < 4.78 is 13.2. The van der Waals surface area contributed by atoms with Crippen LogP contribution in [0, 0.1) is 5.82 Å². The standard InChI is InChI=1S/C17H13Cl2FN2O2/c18-10-3-5-12(15(8-10)22-7-1-2-16(22)23)17(24)21-11-4-6-14(20)13(19)9-11/h3-6,8-9H,1-2,7H2,(H,21,24). The van der Waals surface area contributed by atoms with E-state index in [4.69, 9.17) is 23.2 Å². The van der Waals surface area contributed by atoms with Gasteiger partial charge in [0, 0.05) is 23.7 Å². The highest BCUT2D eigenvalue weighted by atomic mass is 35.5. The fraction of sp³-hybridized carbons (Fsp3) is 0.176. The largest absolute Gasteiger partial charge is 0.322 e. The lowest BCUT2D eigenvalue weighted by Gasteiger charge is -2.19. The van der Waals surface area contributed by atoms with Crippen molar-refractivity contribution < 1.29 is 14.0 Å². The van der Waals surface area contributed by atoms with E-state index in [1.54, 1.807) is 23.1 Å². The Labute approximate surface area is 148 Å². The van der Waals surface area contributed by atoms with Crippen molar-refractivity contribution in [2.75, 3.05) is 16.8 Å². The molecule has 1 saturated heterocycles. The molecule has 0 atom stereocenters. The van der Waals surface area contributed by atoms with E-state index in [1.807, 2.05) is 0 Å². The summed E-state index contributed by atoms with van der Waals surface area (Å²) >= 11 is 11.7. The minimum Gasteiger partial charge on any atom is -0.322 e. The van der Waals surface area contributed by atoms with Crippen LogP contribution in [0.15, 0.2) is 36.4 Å². The zero-order valence-electron chi connectivity index (χ0n) is 12.5. The Balaban J connectivity index is 1.91. The number of carbonyl (C=O) groups is 2. The third-order valence-corrected chi connectivity index (χ3v) is 4.27. The smallest absolute Gasteiger partial charge is 0.257 e. The van der Waals surface area contributed by atoms with Crippen molar-refractivity contribution >= 4 is 46.4 Å². The Morgan fingerprint density at radius 1 is 1.17 bits per heavy atom. The summed E-state index contributed by atoms with van der Waals surface area (Å²) in [6, 6.07) is 8.64. The molecule has 2 aromatic rings. The molecular weight excluding hydrogens is 354 g/mol. The van der Waals surface area contributed by atoms with Gasteiger partial charge >= 0.3 is 0 Å². The molecule has 0 radical (unpaired) electrons. The highest BCUT2D eigenvalue weighted by Crippen LogP contribution is 2.29. The molecule has 2 aromatic carbocycles. The molecule has 1 aliphatic rings. The topological polar surface area (TPSA) is 49.4 Å². The number of hydrogen-bond donors (Lipinski definition) is 1. The molecule has 1 N–H and O–H groups in total. The van der Waals surface area contributed by atoms with Crippen molar-refractivity contribution in [1.82, 2.24) is 0 Å². The molecule has 0 spiro atoms. The second-order valence-corrected chi connectivity index (χ2v) is 6.24. The first-order valence-electron chi connectivity index (χ1n) is 7.32. The summed E-state index contributed by atoms with van der Waals surface area (Å²) in [6.07, 6.45) is 1.18.